The number of carbonyl (C=O) groups is 3. The maximum atomic E-state index is 13.1. The summed E-state index contributed by atoms with van der Waals surface area (Å²) in [6.45, 7) is 2.26. The first-order chi connectivity index (χ1) is 15.4. The molecule has 0 spiro atoms. The quantitative estimate of drug-likeness (QED) is 0.248. The molecule has 1 aliphatic rings. The number of hydrogen-bond acceptors (Lipinski definition) is 6. The molecule has 9 heteroatoms. The Kier molecular flexibility index (Phi) is 7.37. The van der Waals surface area contributed by atoms with E-state index < -0.39 is 17.8 Å². The number of methoxy groups -OCH3 is 1. The van der Waals surface area contributed by atoms with Gasteiger partial charge in [-0.2, -0.15) is 0 Å². The lowest BCUT2D eigenvalue weighted by molar-refractivity contribution is -0.122. The van der Waals surface area contributed by atoms with Gasteiger partial charge in [0.25, 0.3) is 11.8 Å². The van der Waals surface area contributed by atoms with Crippen LogP contribution in [-0.4, -0.2) is 38.2 Å². The summed E-state index contributed by atoms with van der Waals surface area (Å²) in [6.07, 6.45) is 6.67. The van der Waals surface area contributed by atoms with Crippen LogP contribution in [0.2, 0.25) is 0 Å². The molecule has 3 rings (SSSR count). The van der Waals surface area contributed by atoms with Crippen LogP contribution in [0.15, 0.2) is 42.0 Å². The van der Waals surface area contributed by atoms with Crippen LogP contribution in [0.25, 0.3) is 6.08 Å². The number of nitrogens with zero attached hydrogens (tertiary/aromatic N) is 1. The third kappa shape index (κ3) is 4.86. The number of ether oxygens (including phenoxy) is 3. The van der Waals surface area contributed by atoms with Crippen LogP contribution in [0.5, 0.6) is 17.2 Å². The molecule has 164 valence electrons. The molecule has 2 aromatic carbocycles. The molecule has 0 saturated carbocycles. The summed E-state index contributed by atoms with van der Waals surface area (Å²) in [6, 6.07) is 8.86. The SMILES string of the molecule is C#CCOc1c(I)cc(/C=C2\C(=O)NC(=O)N(c3ccc(OC)cc3)C2=O)cc1OCC. The molecule has 4 amide bonds. The number of halogens is 1. The average Bonchev–Trinajstić information content (AvgIpc) is 2.76. The second-order valence-electron chi connectivity index (χ2n) is 6.41. The van der Waals surface area contributed by atoms with E-state index in [2.05, 4.69) is 33.8 Å². The molecule has 0 atom stereocenters. The van der Waals surface area contributed by atoms with Crippen molar-refractivity contribution < 1.29 is 28.6 Å². The maximum Gasteiger partial charge on any atom is 0.335 e. The van der Waals surface area contributed by atoms with E-state index in [0.717, 1.165) is 4.90 Å². The first-order valence-corrected chi connectivity index (χ1v) is 10.6. The first-order valence-electron chi connectivity index (χ1n) is 9.47. The molecule has 0 aromatic heterocycles. The van der Waals surface area contributed by atoms with Crippen LogP contribution in [0.3, 0.4) is 0 Å². The van der Waals surface area contributed by atoms with Gasteiger partial charge in [0.05, 0.1) is 23.0 Å². The van der Waals surface area contributed by atoms with Gasteiger partial charge >= 0.3 is 6.03 Å². The molecule has 8 nitrogen and oxygen atoms in total. The summed E-state index contributed by atoms with van der Waals surface area (Å²) < 4.78 is 17.0. The van der Waals surface area contributed by atoms with E-state index in [-0.39, 0.29) is 12.2 Å². The van der Waals surface area contributed by atoms with Crippen LogP contribution in [0.4, 0.5) is 10.5 Å². The van der Waals surface area contributed by atoms with Gasteiger partial charge in [0.15, 0.2) is 11.5 Å². The molecule has 1 saturated heterocycles. The van der Waals surface area contributed by atoms with Gasteiger partial charge in [0.1, 0.15) is 17.9 Å². The van der Waals surface area contributed by atoms with E-state index >= 15 is 0 Å². The Morgan fingerprint density at radius 1 is 1.16 bits per heavy atom. The predicted octanol–water partition coefficient (Wildman–Crippen LogP) is 3.38. The number of hydrogen-bond donors (Lipinski definition) is 1. The van der Waals surface area contributed by atoms with Gasteiger partial charge < -0.3 is 14.2 Å². The highest BCUT2D eigenvalue weighted by Crippen LogP contribution is 2.35. The fourth-order valence-electron chi connectivity index (χ4n) is 2.98. The Balaban J connectivity index is 2.00. The Labute approximate surface area is 198 Å². The summed E-state index contributed by atoms with van der Waals surface area (Å²) in [5, 5.41) is 2.20. The number of imide groups is 2. The second kappa shape index (κ2) is 10.2. The average molecular weight is 546 g/mol. The number of rotatable bonds is 7. The third-order valence-corrected chi connectivity index (χ3v) is 5.18. The number of amides is 4. The van der Waals surface area contributed by atoms with Crippen LogP contribution in [-0.2, 0) is 9.59 Å². The van der Waals surface area contributed by atoms with Crippen LogP contribution in [0, 0.1) is 15.9 Å². The smallest absolute Gasteiger partial charge is 0.335 e. The Bertz CT molecular complexity index is 1130. The number of urea groups is 1. The highest BCUT2D eigenvalue weighted by atomic mass is 127. The largest absolute Gasteiger partial charge is 0.497 e. The third-order valence-electron chi connectivity index (χ3n) is 4.37. The van der Waals surface area contributed by atoms with Crippen LogP contribution < -0.4 is 24.4 Å². The molecule has 1 aliphatic heterocycles. The van der Waals surface area contributed by atoms with Crippen molar-refractivity contribution >= 4 is 52.2 Å². The number of nitrogens with one attached hydrogen (secondary N) is 1. The number of carbonyl (C=O) groups excluding carboxylic acids is 3. The molecule has 0 bridgehead atoms. The summed E-state index contributed by atoms with van der Waals surface area (Å²) in [5.74, 6) is 2.33. The van der Waals surface area contributed by atoms with Gasteiger partial charge in [-0.05, 0) is 77.6 Å². The van der Waals surface area contributed by atoms with E-state index in [0.29, 0.717) is 38.7 Å². The van der Waals surface area contributed by atoms with Gasteiger partial charge in [-0.25, -0.2) is 9.69 Å². The maximum absolute atomic E-state index is 13.1. The lowest BCUT2D eigenvalue weighted by atomic mass is 10.1. The zero-order valence-electron chi connectivity index (χ0n) is 17.3. The fourth-order valence-corrected chi connectivity index (χ4v) is 3.76. The number of barbiturate groups is 1. The predicted molar refractivity (Wildman–Crippen MR) is 127 cm³/mol. The van der Waals surface area contributed by atoms with Gasteiger partial charge in [-0.1, -0.05) is 5.92 Å². The minimum absolute atomic E-state index is 0.0658. The van der Waals surface area contributed by atoms with Crippen LogP contribution in [0.1, 0.15) is 12.5 Å². The van der Waals surface area contributed by atoms with Crippen molar-refractivity contribution in [3.8, 4) is 29.6 Å². The molecule has 1 N–H and O–H groups in total. The lowest BCUT2D eigenvalue weighted by Crippen LogP contribution is -2.54. The summed E-state index contributed by atoms with van der Waals surface area (Å²) in [4.78, 5) is 38.8. The Morgan fingerprint density at radius 2 is 1.88 bits per heavy atom. The lowest BCUT2D eigenvalue weighted by Gasteiger charge is -2.26. The summed E-state index contributed by atoms with van der Waals surface area (Å²) in [5.41, 5.74) is 0.624. The number of benzene rings is 2. The molecular weight excluding hydrogens is 527 g/mol. The minimum Gasteiger partial charge on any atom is -0.497 e. The first kappa shape index (κ1) is 23.1. The monoisotopic (exact) mass is 546 g/mol. The molecule has 0 unspecified atom stereocenters. The van der Waals surface area contributed by atoms with E-state index in [1.54, 1.807) is 36.4 Å². The Hall–Kier alpha value is -3.52. The highest BCUT2D eigenvalue weighted by molar-refractivity contribution is 14.1. The number of terminal acetylenes is 1. The van der Waals surface area contributed by atoms with E-state index in [1.807, 2.05) is 6.92 Å². The van der Waals surface area contributed by atoms with Crippen LogP contribution >= 0.6 is 22.6 Å². The topological polar surface area (TPSA) is 94.2 Å². The second-order valence-corrected chi connectivity index (χ2v) is 7.57. The van der Waals surface area contributed by atoms with Gasteiger partial charge in [-0.15, -0.1) is 6.42 Å². The molecule has 32 heavy (non-hydrogen) atoms. The molecule has 1 fully saturated rings. The van der Waals surface area contributed by atoms with Gasteiger partial charge in [-0.3, -0.25) is 14.9 Å². The zero-order valence-corrected chi connectivity index (χ0v) is 19.5. The highest BCUT2D eigenvalue weighted by Gasteiger charge is 2.36. The molecule has 1 heterocycles. The van der Waals surface area contributed by atoms with E-state index in [1.165, 1.54) is 13.2 Å². The van der Waals surface area contributed by atoms with E-state index in [4.69, 9.17) is 20.6 Å². The van der Waals surface area contributed by atoms with Crippen molar-refractivity contribution in [3.63, 3.8) is 0 Å². The summed E-state index contributed by atoms with van der Waals surface area (Å²) in [7, 11) is 1.51. The van der Waals surface area contributed by atoms with Crippen molar-refractivity contribution in [2.45, 2.75) is 6.92 Å². The van der Waals surface area contributed by atoms with Crippen molar-refractivity contribution in [2.24, 2.45) is 0 Å². The fraction of sp³-hybridized carbons (Fsp3) is 0.174. The molecule has 0 radical (unpaired) electrons. The van der Waals surface area contributed by atoms with Crippen molar-refractivity contribution in [2.75, 3.05) is 25.2 Å². The molecule has 0 aliphatic carbocycles. The van der Waals surface area contributed by atoms with Crippen molar-refractivity contribution in [3.05, 3.63) is 51.1 Å². The Morgan fingerprint density at radius 3 is 2.50 bits per heavy atom. The standard InChI is InChI=1S/C23H19IN2O6/c1-4-10-32-20-18(24)12-14(13-19(20)31-5-2)11-17-21(27)25-23(29)26(22(17)28)15-6-8-16(30-3)9-7-15/h1,6-9,11-13H,5,10H2,2-3H3,(H,25,27,29)/b17-11+. The minimum atomic E-state index is -0.829. The summed E-state index contributed by atoms with van der Waals surface area (Å²) >= 11 is 2.05. The van der Waals surface area contributed by atoms with Gasteiger partial charge in [0, 0.05) is 0 Å². The van der Waals surface area contributed by atoms with Crippen molar-refractivity contribution in [1.82, 2.24) is 5.32 Å². The molecular formula is C23H19IN2O6. The molecule has 2 aromatic rings. The zero-order chi connectivity index (χ0) is 23.3. The van der Waals surface area contributed by atoms with Crippen molar-refractivity contribution in [1.29, 1.82) is 0 Å². The van der Waals surface area contributed by atoms with E-state index in [9.17, 15) is 14.4 Å². The van der Waals surface area contributed by atoms with Gasteiger partial charge in [0.2, 0.25) is 0 Å². The normalized spacial score (nSPS) is 14.8. The number of anilines is 1.